The number of nitrogens with zero attached hydrogens (tertiary/aromatic N) is 6. The third-order valence-electron chi connectivity index (χ3n) is 6.73. The van der Waals surface area contributed by atoms with Gasteiger partial charge in [-0.3, -0.25) is 4.98 Å². The molecule has 0 aromatic carbocycles. The molecule has 3 aromatic heterocycles. The van der Waals surface area contributed by atoms with Gasteiger partial charge in [-0.05, 0) is 49.6 Å². The predicted molar refractivity (Wildman–Crippen MR) is 127 cm³/mol. The first kappa shape index (κ1) is 21.6. The first-order valence-corrected chi connectivity index (χ1v) is 11.3. The maximum atomic E-state index is 13.5. The Labute approximate surface area is 193 Å². The molecule has 3 aromatic rings. The van der Waals surface area contributed by atoms with E-state index in [-0.39, 0.29) is 16.8 Å². The fourth-order valence-corrected chi connectivity index (χ4v) is 4.71. The van der Waals surface area contributed by atoms with E-state index in [1.54, 1.807) is 6.20 Å². The van der Waals surface area contributed by atoms with Crippen molar-refractivity contribution < 1.29 is 4.39 Å². The van der Waals surface area contributed by atoms with Gasteiger partial charge in [0.2, 0.25) is 0 Å². The zero-order chi connectivity index (χ0) is 23.2. The Hall–Kier alpha value is -3.26. The Balaban J connectivity index is 1.38. The van der Waals surface area contributed by atoms with Gasteiger partial charge in [-0.1, -0.05) is 19.1 Å². The van der Waals surface area contributed by atoms with Crippen LogP contribution >= 0.6 is 0 Å². The molecule has 0 bridgehead atoms. The lowest BCUT2D eigenvalue weighted by molar-refractivity contribution is 0.392. The van der Waals surface area contributed by atoms with Crippen molar-refractivity contribution in [3.05, 3.63) is 77.8 Å². The van der Waals surface area contributed by atoms with Gasteiger partial charge in [-0.15, -0.1) is 5.10 Å². The monoisotopic (exact) mass is 447 g/mol. The van der Waals surface area contributed by atoms with Gasteiger partial charge in [0, 0.05) is 49.5 Å². The van der Waals surface area contributed by atoms with Crippen LogP contribution in [0.25, 0.3) is 5.65 Å². The molecule has 4 heterocycles. The number of allylic oxidation sites excluding steroid dienone is 3. The topological polar surface area (TPSA) is 75.6 Å². The molecule has 0 spiro atoms. The molecule has 1 aliphatic heterocycles. The van der Waals surface area contributed by atoms with Crippen molar-refractivity contribution in [3.63, 3.8) is 0 Å². The summed E-state index contributed by atoms with van der Waals surface area (Å²) < 4.78 is 15.4. The van der Waals surface area contributed by atoms with Crippen molar-refractivity contribution in [2.75, 3.05) is 25.0 Å². The lowest BCUT2D eigenvalue weighted by atomic mass is 9.80. The second kappa shape index (κ2) is 7.95. The molecular weight excluding hydrogens is 417 g/mol. The van der Waals surface area contributed by atoms with Crippen LogP contribution in [0.4, 0.5) is 10.2 Å². The zero-order valence-electron chi connectivity index (χ0n) is 19.4. The maximum absolute atomic E-state index is 13.5. The number of pyridine rings is 1. The van der Waals surface area contributed by atoms with Crippen LogP contribution in [0.2, 0.25) is 0 Å². The van der Waals surface area contributed by atoms with Crippen LogP contribution in [0.15, 0.2) is 60.7 Å². The number of likely N-dealkylation sites (tertiary alicyclic amines) is 1. The summed E-state index contributed by atoms with van der Waals surface area (Å²) >= 11 is 0. The standard InChI is InChI=1S/C25H30FN7/c1-24(8-6-20(7-9-24)32-11-10-25(2,27)17-32)21-15-29-22-4-5-23(30-33(21)22)31(3)16-18-12-19(26)14-28-13-18/h4-8,12-15H,9-11,16-17,27H2,1-3H3. The summed E-state index contributed by atoms with van der Waals surface area (Å²) in [5.74, 6) is 0.445. The summed E-state index contributed by atoms with van der Waals surface area (Å²) in [5, 5.41) is 4.87. The summed E-state index contributed by atoms with van der Waals surface area (Å²) in [6.45, 7) is 6.72. The minimum atomic E-state index is -0.337. The second-order valence-electron chi connectivity index (χ2n) is 9.88. The number of anilines is 1. The van der Waals surface area contributed by atoms with Crippen LogP contribution in [0.3, 0.4) is 0 Å². The number of rotatable bonds is 5. The fraction of sp³-hybridized carbons (Fsp3) is 0.400. The molecule has 172 valence electrons. The van der Waals surface area contributed by atoms with E-state index in [1.807, 2.05) is 34.8 Å². The van der Waals surface area contributed by atoms with E-state index >= 15 is 0 Å². The molecule has 2 atom stereocenters. The first-order valence-electron chi connectivity index (χ1n) is 11.3. The third-order valence-corrected chi connectivity index (χ3v) is 6.73. The van der Waals surface area contributed by atoms with Crippen LogP contribution in [0.5, 0.6) is 0 Å². The normalized spacial score (nSPS) is 25.0. The Morgan fingerprint density at radius 2 is 2.06 bits per heavy atom. The van der Waals surface area contributed by atoms with Crippen molar-refractivity contribution >= 4 is 11.5 Å². The number of aromatic nitrogens is 4. The largest absolute Gasteiger partial charge is 0.370 e. The predicted octanol–water partition coefficient (Wildman–Crippen LogP) is 3.42. The minimum Gasteiger partial charge on any atom is -0.370 e. The van der Waals surface area contributed by atoms with E-state index in [2.05, 4.69) is 46.9 Å². The lowest BCUT2D eigenvalue weighted by Crippen LogP contribution is -2.39. The fourth-order valence-electron chi connectivity index (χ4n) is 4.71. The Kier molecular flexibility index (Phi) is 5.20. The van der Waals surface area contributed by atoms with E-state index in [4.69, 9.17) is 10.8 Å². The van der Waals surface area contributed by atoms with Gasteiger partial charge in [-0.25, -0.2) is 13.9 Å². The van der Waals surface area contributed by atoms with Crippen LogP contribution in [0.1, 0.15) is 37.9 Å². The average Bonchev–Trinajstić information content (AvgIpc) is 3.37. The van der Waals surface area contributed by atoms with Crippen LogP contribution in [-0.4, -0.2) is 50.2 Å². The molecule has 0 radical (unpaired) electrons. The molecule has 2 unspecified atom stereocenters. The molecule has 8 heteroatoms. The zero-order valence-corrected chi connectivity index (χ0v) is 19.4. The minimum absolute atomic E-state index is 0.120. The summed E-state index contributed by atoms with van der Waals surface area (Å²) in [7, 11) is 1.94. The summed E-state index contributed by atoms with van der Waals surface area (Å²) in [6.07, 6.45) is 13.4. The smallest absolute Gasteiger partial charge is 0.153 e. The van der Waals surface area contributed by atoms with Gasteiger partial charge in [0.1, 0.15) is 11.6 Å². The molecule has 2 N–H and O–H groups in total. The molecule has 1 aliphatic carbocycles. The Morgan fingerprint density at radius 1 is 1.21 bits per heavy atom. The molecule has 33 heavy (non-hydrogen) atoms. The molecule has 7 nitrogen and oxygen atoms in total. The molecule has 1 saturated heterocycles. The van der Waals surface area contributed by atoms with E-state index in [9.17, 15) is 4.39 Å². The summed E-state index contributed by atoms with van der Waals surface area (Å²) in [6, 6.07) is 5.40. The van der Waals surface area contributed by atoms with E-state index < -0.39 is 0 Å². The molecule has 1 fully saturated rings. The third kappa shape index (κ3) is 4.23. The average molecular weight is 448 g/mol. The highest BCUT2D eigenvalue weighted by Gasteiger charge is 2.34. The number of imidazole rings is 1. The first-order chi connectivity index (χ1) is 15.7. The Morgan fingerprint density at radius 3 is 2.76 bits per heavy atom. The van der Waals surface area contributed by atoms with Gasteiger partial charge in [0.15, 0.2) is 5.65 Å². The van der Waals surface area contributed by atoms with Crippen molar-refractivity contribution in [2.45, 2.75) is 44.2 Å². The van der Waals surface area contributed by atoms with Crippen LogP contribution < -0.4 is 10.6 Å². The number of hydrogen-bond acceptors (Lipinski definition) is 6. The molecule has 2 aliphatic rings. The highest BCUT2D eigenvalue weighted by molar-refractivity contribution is 5.49. The van der Waals surface area contributed by atoms with Crippen molar-refractivity contribution in [2.24, 2.45) is 5.73 Å². The second-order valence-corrected chi connectivity index (χ2v) is 9.88. The highest BCUT2D eigenvalue weighted by atomic mass is 19.1. The van der Waals surface area contributed by atoms with Gasteiger partial charge in [0.05, 0.1) is 18.1 Å². The van der Waals surface area contributed by atoms with Crippen LogP contribution in [0, 0.1) is 5.82 Å². The lowest BCUT2D eigenvalue weighted by Gasteiger charge is -2.31. The maximum Gasteiger partial charge on any atom is 0.153 e. The van der Waals surface area contributed by atoms with Gasteiger partial charge < -0.3 is 15.5 Å². The number of fused-ring (bicyclic) bond motifs is 1. The molecule has 0 saturated carbocycles. The van der Waals surface area contributed by atoms with Crippen molar-refractivity contribution in [1.82, 2.24) is 24.5 Å². The van der Waals surface area contributed by atoms with E-state index in [0.29, 0.717) is 6.54 Å². The highest BCUT2D eigenvalue weighted by Crippen LogP contribution is 2.36. The number of halogens is 1. The number of nitrogens with two attached hydrogens (primary N) is 1. The van der Waals surface area contributed by atoms with Gasteiger partial charge in [-0.2, -0.15) is 0 Å². The summed E-state index contributed by atoms with van der Waals surface area (Å²) in [5.41, 5.74) is 9.86. The SMILES string of the molecule is CN(Cc1cncc(F)c1)c1ccc2ncc(C3(C)C=CC(N4CCC(C)(N)C4)=CC3)n2n1. The summed E-state index contributed by atoms with van der Waals surface area (Å²) in [4.78, 5) is 12.9. The molecule has 0 amide bonds. The van der Waals surface area contributed by atoms with Gasteiger partial charge >= 0.3 is 0 Å². The van der Waals surface area contributed by atoms with Crippen LogP contribution in [-0.2, 0) is 12.0 Å². The van der Waals surface area contributed by atoms with E-state index in [0.717, 1.165) is 48.7 Å². The number of hydrogen-bond donors (Lipinski definition) is 1. The Bertz CT molecular complexity index is 1240. The molecule has 5 rings (SSSR count). The van der Waals surface area contributed by atoms with Gasteiger partial charge in [0.25, 0.3) is 0 Å². The van der Waals surface area contributed by atoms with E-state index in [1.165, 1.54) is 18.0 Å². The van der Waals surface area contributed by atoms with Crippen molar-refractivity contribution in [1.29, 1.82) is 0 Å². The molecular formula is C25H30FN7. The quantitative estimate of drug-likeness (QED) is 0.646. The van der Waals surface area contributed by atoms with Crippen molar-refractivity contribution in [3.8, 4) is 0 Å².